The smallest absolute Gasteiger partial charge is 0.254 e. The van der Waals surface area contributed by atoms with E-state index in [9.17, 15) is 9.90 Å². The number of benzene rings is 1. The number of rotatable bonds is 6. The van der Waals surface area contributed by atoms with Crippen molar-refractivity contribution in [3.63, 3.8) is 0 Å². The second kappa shape index (κ2) is 7.09. The molecule has 0 atom stereocenters. The average Bonchev–Trinajstić information content (AvgIpc) is 3.27. The molecule has 0 N–H and O–H groups in total. The number of carbonyl (C=O) groups excluding carboxylic acids is 1. The lowest BCUT2D eigenvalue weighted by molar-refractivity contribution is -0.746. The van der Waals surface area contributed by atoms with E-state index < -0.39 is 5.97 Å². The molecule has 136 valence electrons. The minimum Gasteiger partial charge on any atom is -0.539 e. The number of aromatic nitrogens is 2. The largest absolute Gasteiger partial charge is 0.539 e. The van der Waals surface area contributed by atoms with Crippen molar-refractivity contribution < 1.29 is 28.8 Å². The molecule has 1 aromatic carbocycles. The Morgan fingerprint density at radius 1 is 1.12 bits per heavy atom. The van der Waals surface area contributed by atoms with Gasteiger partial charge in [-0.05, 0) is 11.4 Å². The minimum atomic E-state index is -1.25. The van der Waals surface area contributed by atoms with Crippen molar-refractivity contribution in [1.29, 1.82) is 0 Å². The second-order valence-corrected chi connectivity index (χ2v) is 6.35. The third kappa shape index (κ3) is 2.88. The Morgan fingerprint density at radius 2 is 1.77 bits per heavy atom. The van der Waals surface area contributed by atoms with Crippen molar-refractivity contribution in [2.75, 3.05) is 21.3 Å². The SMILES string of the molecule is COc1cc(-n2c(-c3cccs3)cc(C(=O)[O-])[n+]2C)cc(OC)c1OC. The third-order valence-corrected chi connectivity index (χ3v) is 4.92. The number of hydrogen-bond acceptors (Lipinski definition) is 6. The van der Waals surface area contributed by atoms with Crippen LogP contribution in [0.2, 0.25) is 0 Å². The zero-order chi connectivity index (χ0) is 18.8. The van der Waals surface area contributed by atoms with Crippen molar-refractivity contribution in [1.82, 2.24) is 4.68 Å². The van der Waals surface area contributed by atoms with E-state index in [4.69, 9.17) is 14.2 Å². The highest BCUT2D eigenvalue weighted by Gasteiger charge is 2.26. The summed E-state index contributed by atoms with van der Waals surface area (Å²) in [6, 6.07) is 8.94. The fourth-order valence-electron chi connectivity index (χ4n) is 2.85. The fraction of sp³-hybridized carbons (Fsp3) is 0.222. The summed E-state index contributed by atoms with van der Waals surface area (Å²) in [5.74, 6) is 0.160. The van der Waals surface area contributed by atoms with Crippen molar-refractivity contribution in [3.05, 3.63) is 41.4 Å². The number of methoxy groups -OCH3 is 3. The molecule has 3 aromatic rings. The maximum atomic E-state index is 11.5. The van der Waals surface area contributed by atoms with Crippen molar-refractivity contribution in [2.24, 2.45) is 7.05 Å². The molecule has 3 rings (SSSR count). The molecule has 0 radical (unpaired) electrons. The van der Waals surface area contributed by atoms with Crippen LogP contribution >= 0.6 is 11.3 Å². The highest BCUT2D eigenvalue weighted by molar-refractivity contribution is 7.13. The van der Waals surface area contributed by atoms with Gasteiger partial charge >= 0.3 is 0 Å². The molecule has 0 fully saturated rings. The molecule has 7 nitrogen and oxygen atoms in total. The predicted octanol–water partition coefficient (Wildman–Crippen LogP) is 1.42. The molecule has 0 unspecified atom stereocenters. The first-order valence-corrected chi connectivity index (χ1v) is 8.57. The van der Waals surface area contributed by atoms with Crippen molar-refractivity contribution >= 4 is 17.3 Å². The number of hydrogen-bond donors (Lipinski definition) is 0. The zero-order valence-corrected chi connectivity index (χ0v) is 15.6. The van der Waals surface area contributed by atoms with Crippen LogP contribution in [-0.2, 0) is 7.05 Å². The van der Waals surface area contributed by atoms with E-state index in [0.29, 0.717) is 22.9 Å². The normalized spacial score (nSPS) is 10.6. The molecule has 0 saturated carbocycles. The summed E-state index contributed by atoms with van der Waals surface area (Å²) in [7, 11) is 6.25. The number of thiophene rings is 1. The lowest BCUT2D eigenvalue weighted by Crippen LogP contribution is -2.46. The van der Waals surface area contributed by atoms with Gasteiger partial charge in [0.25, 0.3) is 5.69 Å². The summed E-state index contributed by atoms with van der Waals surface area (Å²) in [5, 5.41) is 13.5. The lowest BCUT2D eigenvalue weighted by Gasteiger charge is -2.14. The molecule has 0 spiro atoms. The molecule has 2 aromatic heterocycles. The van der Waals surface area contributed by atoms with Gasteiger partial charge in [-0.2, -0.15) is 0 Å². The predicted molar refractivity (Wildman–Crippen MR) is 94.2 cm³/mol. The number of aromatic carboxylic acids is 1. The molecule has 0 aliphatic carbocycles. The first-order chi connectivity index (χ1) is 12.5. The summed E-state index contributed by atoms with van der Waals surface area (Å²) >= 11 is 1.51. The third-order valence-electron chi connectivity index (χ3n) is 4.03. The maximum absolute atomic E-state index is 11.5. The minimum absolute atomic E-state index is 0.0575. The Labute approximate surface area is 154 Å². The van der Waals surface area contributed by atoms with E-state index in [1.807, 2.05) is 17.5 Å². The van der Waals surface area contributed by atoms with Gasteiger partial charge in [0.15, 0.2) is 18.5 Å². The Balaban J connectivity index is 2.31. The van der Waals surface area contributed by atoms with E-state index in [1.54, 1.807) is 29.9 Å². The second-order valence-electron chi connectivity index (χ2n) is 5.40. The molecule has 0 aliphatic rings. The summed E-state index contributed by atoms with van der Waals surface area (Å²) < 4.78 is 19.5. The topological polar surface area (TPSA) is 76.6 Å². The van der Waals surface area contributed by atoms with Crippen LogP contribution in [0.5, 0.6) is 17.2 Å². The molecule has 8 heteroatoms. The van der Waals surface area contributed by atoms with Gasteiger partial charge in [0.1, 0.15) is 17.4 Å². The Morgan fingerprint density at radius 3 is 2.23 bits per heavy atom. The Kier molecular flexibility index (Phi) is 4.85. The van der Waals surface area contributed by atoms with Gasteiger partial charge in [-0.3, -0.25) is 0 Å². The number of carbonyl (C=O) groups is 1. The van der Waals surface area contributed by atoms with Crippen molar-refractivity contribution in [3.8, 4) is 33.5 Å². The molecule has 0 saturated heterocycles. The molecule has 0 aliphatic heterocycles. The molecule has 2 heterocycles. The van der Waals surface area contributed by atoms with Crippen LogP contribution in [0.4, 0.5) is 0 Å². The standard InChI is InChI=1S/C18H18N2O5S/c1-19-13(18(21)22)10-12(16-6-5-7-26-16)20(19)11-8-14(23-2)17(25-4)15(9-11)24-3/h5-10H,1-4H3. The lowest BCUT2D eigenvalue weighted by atomic mass is 10.2. The first kappa shape index (κ1) is 17.8. The number of nitrogens with zero attached hydrogens (tertiary/aromatic N) is 2. The van der Waals surface area contributed by atoms with Crippen LogP contribution < -0.4 is 24.0 Å². The zero-order valence-electron chi connectivity index (χ0n) is 14.8. The van der Waals surface area contributed by atoms with Gasteiger partial charge in [-0.1, -0.05) is 6.07 Å². The monoisotopic (exact) mass is 374 g/mol. The van der Waals surface area contributed by atoms with E-state index in [0.717, 1.165) is 10.6 Å². The Hall–Kier alpha value is -3.00. The summed E-state index contributed by atoms with van der Waals surface area (Å²) in [4.78, 5) is 12.4. The van der Waals surface area contributed by atoms with Crippen LogP contribution in [0.1, 0.15) is 10.5 Å². The van der Waals surface area contributed by atoms with Gasteiger partial charge in [0.2, 0.25) is 5.75 Å². The number of carboxylic acids is 1. The van der Waals surface area contributed by atoms with Crippen LogP contribution in [0.3, 0.4) is 0 Å². The van der Waals surface area contributed by atoms with Gasteiger partial charge in [0, 0.05) is 18.2 Å². The van der Waals surface area contributed by atoms with Gasteiger partial charge in [-0.15, -0.1) is 20.7 Å². The van der Waals surface area contributed by atoms with Crippen LogP contribution in [-0.4, -0.2) is 32.0 Å². The van der Waals surface area contributed by atoms with Crippen LogP contribution in [0.25, 0.3) is 16.3 Å². The molecule has 0 amide bonds. The maximum Gasteiger partial charge on any atom is 0.254 e. The van der Waals surface area contributed by atoms with Gasteiger partial charge in [-0.25, -0.2) is 0 Å². The van der Waals surface area contributed by atoms with Crippen LogP contribution in [0.15, 0.2) is 35.7 Å². The summed E-state index contributed by atoms with van der Waals surface area (Å²) in [5.41, 5.74) is 1.44. The highest BCUT2D eigenvalue weighted by atomic mass is 32.1. The first-order valence-electron chi connectivity index (χ1n) is 7.69. The number of ether oxygens (including phenoxy) is 3. The summed E-state index contributed by atoms with van der Waals surface area (Å²) in [6.45, 7) is 0. The van der Waals surface area contributed by atoms with Gasteiger partial charge in [0.05, 0.1) is 26.2 Å². The van der Waals surface area contributed by atoms with E-state index >= 15 is 0 Å². The molecular formula is C18H18N2O5S. The molecule has 26 heavy (non-hydrogen) atoms. The fourth-order valence-corrected chi connectivity index (χ4v) is 3.57. The van der Waals surface area contributed by atoms with Crippen LogP contribution in [0, 0.1) is 0 Å². The molecular weight excluding hydrogens is 356 g/mol. The quantitative estimate of drug-likeness (QED) is 0.610. The molecule has 0 bridgehead atoms. The van der Waals surface area contributed by atoms with Crippen molar-refractivity contribution in [2.45, 2.75) is 0 Å². The Bertz CT molecular complexity index is 922. The van der Waals surface area contributed by atoms with Gasteiger partial charge < -0.3 is 24.1 Å². The average molecular weight is 374 g/mol. The highest BCUT2D eigenvalue weighted by Crippen LogP contribution is 2.40. The summed E-state index contributed by atoms with van der Waals surface area (Å²) in [6.07, 6.45) is 0. The van der Waals surface area contributed by atoms with E-state index in [1.165, 1.54) is 37.3 Å². The van der Waals surface area contributed by atoms with E-state index in [-0.39, 0.29) is 5.69 Å². The van der Waals surface area contributed by atoms with E-state index in [2.05, 4.69) is 0 Å². The number of carboxylic acid groups (broad SMARTS) is 1.